The Morgan fingerprint density at radius 3 is 2.55 bits per heavy atom. The second-order valence-electron chi connectivity index (χ2n) is 8.30. The molecular weight excluding hydrogens is 433 g/mol. The SMILES string of the molecule is Cc1cc(-c2ccc(F)c(C(=O)N3CCOCC3)c2)ccc1OC1O[C@H](CO)C[C@H](O)[C@@H]1O. The van der Waals surface area contributed by atoms with Crippen molar-refractivity contribution in [2.75, 3.05) is 32.9 Å². The molecular formula is C24H28FNO7. The van der Waals surface area contributed by atoms with E-state index in [1.165, 1.54) is 6.07 Å². The van der Waals surface area contributed by atoms with Gasteiger partial charge in [-0.1, -0.05) is 12.1 Å². The molecule has 33 heavy (non-hydrogen) atoms. The zero-order chi connectivity index (χ0) is 23.5. The molecule has 2 saturated heterocycles. The van der Waals surface area contributed by atoms with Crippen LogP contribution in [0, 0.1) is 12.7 Å². The highest BCUT2D eigenvalue weighted by Gasteiger charge is 2.38. The molecule has 2 aliphatic heterocycles. The van der Waals surface area contributed by atoms with E-state index in [0.717, 1.165) is 5.56 Å². The van der Waals surface area contributed by atoms with Crippen molar-refractivity contribution in [3.8, 4) is 16.9 Å². The Morgan fingerprint density at radius 2 is 1.85 bits per heavy atom. The molecule has 178 valence electrons. The van der Waals surface area contributed by atoms with E-state index in [4.69, 9.17) is 14.2 Å². The minimum absolute atomic E-state index is 0.00939. The predicted octanol–water partition coefficient (Wildman–Crippen LogP) is 1.48. The summed E-state index contributed by atoms with van der Waals surface area (Å²) < 4.78 is 31.0. The van der Waals surface area contributed by atoms with Crippen molar-refractivity contribution in [2.45, 2.75) is 37.9 Å². The number of aliphatic hydroxyl groups is 3. The Morgan fingerprint density at radius 1 is 1.15 bits per heavy atom. The number of aryl methyl sites for hydroxylation is 1. The van der Waals surface area contributed by atoms with Gasteiger partial charge in [0.05, 0.1) is 37.6 Å². The third-order valence-electron chi connectivity index (χ3n) is 5.95. The molecule has 0 bridgehead atoms. The second kappa shape index (κ2) is 10.1. The largest absolute Gasteiger partial charge is 0.462 e. The van der Waals surface area contributed by atoms with Gasteiger partial charge in [0.2, 0.25) is 6.29 Å². The van der Waals surface area contributed by atoms with Crippen LogP contribution < -0.4 is 4.74 Å². The highest BCUT2D eigenvalue weighted by Crippen LogP contribution is 2.30. The summed E-state index contributed by atoms with van der Waals surface area (Å²) in [7, 11) is 0. The lowest BCUT2D eigenvalue weighted by molar-refractivity contribution is -0.240. The van der Waals surface area contributed by atoms with E-state index < -0.39 is 30.4 Å². The maximum atomic E-state index is 14.4. The molecule has 0 spiro atoms. The number of nitrogens with zero attached hydrogens (tertiary/aromatic N) is 1. The van der Waals surface area contributed by atoms with E-state index in [0.29, 0.717) is 43.2 Å². The molecule has 2 aliphatic rings. The molecule has 2 aromatic rings. The molecule has 0 radical (unpaired) electrons. The molecule has 0 aromatic heterocycles. The number of ether oxygens (including phenoxy) is 3. The van der Waals surface area contributed by atoms with Gasteiger partial charge in [-0.3, -0.25) is 4.79 Å². The summed E-state index contributed by atoms with van der Waals surface area (Å²) in [6.45, 7) is 3.23. The minimum Gasteiger partial charge on any atom is -0.462 e. The van der Waals surface area contributed by atoms with Crippen LogP contribution in [-0.2, 0) is 9.47 Å². The van der Waals surface area contributed by atoms with Crippen molar-refractivity contribution in [3.63, 3.8) is 0 Å². The average Bonchev–Trinajstić information content (AvgIpc) is 2.83. The summed E-state index contributed by atoms with van der Waals surface area (Å²) >= 11 is 0. The van der Waals surface area contributed by atoms with E-state index in [2.05, 4.69) is 0 Å². The maximum Gasteiger partial charge on any atom is 0.257 e. The molecule has 1 unspecified atom stereocenters. The molecule has 2 aromatic carbocycles. The zero-order valence-corrected chi connectivity index (χ0v) is 18.3. The van der Waals surface area contributed by atoms with Gasteiger partial charge >= 0.3 is 0 Å². The first-order valence-electron chi connectivity index (χ1n) is 10.9. The highest BCUT2D eigenvalue weighted by atomic mass is 19.1. The van der Waals surface area contributed by atoms with Crippen molar-refractivity contribution in [3.05, 3.63) is 53.3 Å². The summed E-state index contributed by atoms with van der Waals surface area (Å²) in [6.07, 6.45) is -3.96. The van der Waals surface area contributed by atoms with E-state index in [1.807, 2.05) is 6.07 Å². The van der Waals surface area contributed by atoms with Crippen LogP contribution in [0.5, 0.6) is 5.75 Å². The van der Waals surface area contributed by atoms with Crippen LogP contribution in [0.1, 0.15) is 22.3 Å². The summed E-state index contributed by atoms with van der Waals surface area (Å²) in [5, 5.41) is 29.5. The number of halogens is 1. The maximum absolute atomic E-state index is 14.4. The fraction of sp³-hybridized carbons (Fsp3) is 0.458. The molecule has 0 saturated carbocycles. The highest BCUT2D eigenvalue weighted by molar-refractivity contribution is 5.96. The topological polar surface area (TPSA) is 109 Å². The lowest BCUT2D eigenvalue weighted by Crippen LogP contribution is -2.51. The first-order valence-corrected chi connectivity index (χ1v) is 10.9. The van der Waals surface area contributed by atoms with Crippen molar-refractivity contribution in [1.82, 2.24) is 4.90 Å². The van der Waals surface area contributed by atoms with Gasteiger partial charge in [-0.2, -0.15) is 0 Å². The van der Waals surface area contributed by atoms with E-state index in [9.17, 15) is 24.5 Å². The molecule has 4 atom stereocenters. The summed E-state index contributed by atoms with van der Waals surface area (Å²) in [5.41, 5.74) is 2.16. The van der Waals surface area contributed by atoms with Crippen LogP contribution in [0.4, 0.5) is 4.39 Å². The number of benzene rings is 2. The van der Waals surface area contributed by atoms with Gasteiger partial charge in [0, 0.05) is 19.5 Å². The third-order valence-corrected chi connectivity index (χ3v) is 5.95. The quantitative estimate of drug-likeness (QED) is 0.619. The van der Waals surface area contributed by atoms with Crippen molar-refractivity contribution in [1.29, 1.82) is 0 Å². The Kier molecular flexibility index (Phi) is 7.26. The van der Waals surface area contributed by atoms with Crippen molar-refractivity contribution < 1.29 is 38.7 Å². The fourth-order valence-corrected chi connectivity index (χ4v) is 4.02. The van der Waals surface area contributed by atoms with Gasteiger partial charge < -0.3 is 34.4 Å². The van der Waals surface area contributed by atoms with Crippen LogP contribution in [0.15, 0.2) is 36.4 Å². The van der Waals surface area contributed by atoms with Crippen LogP contribution >= 0.6 is 0 Å². The smallest absolute Gasteiger partial charge is 0.257 e. The van der Waals surface area contributed by atoms with Gasteiger partial charge in [-0.15, -0.1) is 0 Å². The molecule has 0 aliphatic carbocycles. The summed E-state index contributed by atoms with van der Waals surface area (Å²) in [6, 6.07) is 9.69. The lowest BCUT2D eigenvalue weighted by Gasteiger charge is -2.36. The molecule has 2 heterocycles. The number of carbonyl (C=O) groups is 1. The van der Waals surface area contributed by atoms with E-state index >= 15 is 0 Å². The number of morpholine rings is 1. The molecule has 2 fully saturated rings. The second-order valence-corrected chi connectivity index (χ2v) is 8.30. The number of aliphatic hydroxyl groups excluding tert-OH is 3. The van der Waals surface area contributed by atoms with Crippen LogP contribution in [0.25, 0.3) is 11.1 Å². The number of hydrogen-bond donors (Lipinski definition) is 3. The third kappa shape index (κ3) is 5.18. The normalized spacial score (nSPS) is 25.7. The standard InChI is InChI=1S/C24H28FNO7/c1-14-10-15(3-5-21(14)33-24-22(29)20(28)12-17(13-27)32-24)16-2-4-19(25)18(11-16)23(30)26-6-8-31-9-7-26/h2-5,10-11,17,20,22,24,27-29H,6-9,12-13H2,1H3/t17-,20-,22-,24?/m0/s1. The fourth-order valence-electron chi connectivity index (χ4n) is 4.02. The number of hydrogen-bond acceptors (Lipinski definition) is 7. The number of rotatable bonds is 5. The van der Waals surface area contributed by atoms with Gasteiger partial charge in [-0.05, 0) is 47.9 Å². The van der Waals surface area contributed by atoms with E-state index in [1.54, 1.807) is 36.1 Å². The zero-order valence-electron chi connectivity index (χ0n) is 18.3. The molecule has 8 nitrogen and oxygen atoms in total. The number of carbonyl (C=O) groups excluding carboxylic acids is 1. The monoisotopic (exact) mass is 461 g/mol. The van der Waals surface area contributed by atoms with Crippen LogP contribution in [0.2, 0.25) is 0 Å². The van der Waals surface area contributed by atoms with Gasteiger partial charge in [0.25, 0.3) is 5.91 Å². The van der Waals surface area contributed by atoms with Crippen molar-refractivity contribution >= 4 is 5.91 Å². The first-order chi connectivity index (χ1) is 15.9. The molecule has 1 amide bonds. The van der Waals surface area contributed by atoms with Gasteiger partial charge in [0.15, 0.2) is 0 Å². The van der Waals surface area contributed by atoms with Crippen LogP contribution in [-0.4, -0.2) is 83.6 Å². The van der Waals surface area contributed by atoms with Crippen molar-refractivity contribution in [2.24, 2.45) is 0 Å². The summed E-state index contributed by atoms with van der Waals surface area (Å²) in [5.74, 6) is -0.512. The molecule has 9 heteroatoms. The average molecular weight is 461 g/mol. The Balaban J connectivity index is 1.54. The van der Waals surface area contributed by atoms with Gasteiger partial charge in [0.1, 0.15) is 17.7 Å². The Bertz CT molecular complexity index is 995. The van der Waals surface area contributed by atoms with Gasteiger partial charge in [-0.25, -0.2) is 4.39 Å². The predicted molar refractivity (Wildman–Crippen MR) is 116 cm³/mol. The first kappa shape index (κ1) is 23.6. The molecule has 4 rings (SSSR count). The van der Waals surface area contributed by atoms with Crippen LogP contribution in [0.3, 0.4) is 0 Å². The van der Waals surface area contributed by atoms with E-state index in [-0.39, 0.29) is 24.5 Å². The number of amides is 1. The summed E-state index contributed by atoms with van der Waals surface area (Å²) in [4.78, 5) is 14.4. The molecule has 3 N–H and O–H groups in total. The minimum atomic E-state index is -1.25. The Labute approximate surface area is 191 Å². The Hall–Kier alpha value is -2.56. The lowest BCUT2D eigenvalue weighted by atomic mass is 9.99.